The van der Waals surface area contributed by atoms with Gasteiger partial charge in [0.1, 0.15) is 11.6 Å². The number of nitrogens with one attached hydrogen (secondary N) is 1. The highest BCUT2D eigenvalue weighted by molar-refractivity contribution is 14.1. The molecule has 0 radical (unpaired) electrons. The third kappa shape index (κ3) is 6.68. The lowest BCUT2D eigenvalue weighted by Gasteiger charge is -2.13. The molecule has 10 nitrogen and oxygen atoms in total. The van der Waals surface area contributed by atoms with E-state index in [0.29, 0.717) is 9.13 Å². The number of halogens is 1. The zero-order chi connectivity index (χ0) is 23.0. The van der Waals surface area contributed by atoms with Gasteiger partial charge >= 0.3 is 5.97 Å². The molecule has 0 atom stereocenters. The van der Waals surface area contributed by atoms with Gasteiger partial charge in [0.2, 0.25) is 0 Å². The number of nitrogens with zero attached hydrogens (tertiary/aromatic N) is 2. The smallest absolute Gasteiger partial charge is 0.341 e. The predicted molar refractivity (Wildman–Crippen MR) is 119 cm³/mol. The highest BCUT2D eigenvalue weighted by Crippen LogP contribution is 2.35. The lowest BCUT2D eigenvalue weighted by Crippen LogP contribution is -2.13. The minimum Gasteiger partial charge on any atom is -0.490 e. The Labute approximate surface area is 190 Å². The second-order valence-electron chi connectivity index (χ2n) is 5.88. The average Bonchev–Trinajstić information content (AvgIpc) is 2.71. The second kappa shape index (κ2) is 10.9. The number of carboxylic acids is 1. The molecule has 31 heavy (non-hydrogen) atoms. The van der Waals surface area contributed by atoms with Gasteiger partial charge in [-0.2, -0.15) is 5.26 Å². The van der Waals surface area contributed by atoms with Gasteiger partial charge in [-0.3, -0.25) is 14.9 Å². The zero-order valence-electron chi connectivity index (χ0n) is 16.1. The van der Waals surface area contributed by atoms with Crippen molar-refractivity contribution < 1.29 is 29.1 Å². The number of carboxylic acid groups (broad SMARTS) is 1. The molecule has 0 bridgehead atoms. The molecule has 0 aromatic heterocycles. The quantitative estimate of drug-likeness (QED) is 0.162. The Morgan fingerprint density at radius 1 is 1.32 bits per heavy atom. The summed E-state index contributed by atoms with van der Waals surface area (Å²) in [7, 11) is 0. The van der Waals surface area contributed by atoms with Crippen LogP contribution in [0.5, 0.6) is 11.5 Å². The van der Waals surface area contributed by atoms with Gasteiger partial charge in [0.05, 0.1) is 15.1 Å². The maximum absolute atomic E-state index is 12.5. The van der Waals surface area contributed by atoms with Crippen LogP contribution in [0.4, 0.5) is 11.4 Å². The number of non-ortho nitro benzene ring substituents is 1. The van der Waals surface area contributed by atoms with Gasteiger partial charge < -0.3 is 19.9 Å². The van der Waals surface area contributed by atoms with Crippen molar-refractivity contribution in [2.75, 3.05) is 18.5 Å². The van der Waals surface area contributed by atoms with E-state index in [2.05, 4.69) is 5.32 Å². The highest BCUT2D eigenvalue weighted by atomic mass is 127. The van der Waals surface area contributed by atoms with Gasteiger partial charge in [-0.1, -0.05) is 6.07 Å². The third-order valence-corrected chi connectivity index (χ3v) is 4.46. The van der Waals surface area contributed by atoms with Crippen molar-refractivity contribution in [3.05, 3.63) is 61.2 Å². The molecule has 0 saturated carbocycles. The lowest BCUT2D eigenvalue weighted by atomic mass is 10.1. The number of benzene rings is 2. The molecule has 0 aliphatic rings. The number of ether oxygens (including phenoxy) is 2. The van der Waals surface area contributed by atoms with Gasteiger partial charge in [0.25, 0.3) is 11.6 Å². The van der Waals surface area contributed by atoms with E-state index >= 15 is 0 Å². The first kappa shape index (κ1) is 23.6. The van der Waals surface area contributed by atoms with Crippen molar-refractivity contribution >= 4 is 51.9 Å². The molecule has 0 spiro atoms. The Morgan fingerprint density at radius 3 is 2.68 bits per heavy atom. The van der Waals surface area contributed by atoms with Gasteiger partial charge in [-0.05, 0) is 59.4 Å². The summed E-state index contributed by atoms with van der Waals surface area (Å²) in [5, 5.41) is 31.6. The van der Waals surface area contributed by atoms with E-state index in [1.807, 2.05) is 22.6 Å². The average molecular weight is 537 g/mol. The Morgan fingerprint density at radius 2 is 2.06 bits per heavy atom. The van der Waals surface area contributed by atoms with E-state index in [4.69, 9.17) is 14.6 Å². The Bertz CT molecular complexity index is 1090. The molecule has 160 valence electrons. The Kier molecular flexibility index (Phi) is 8.33. The number of hydrogen-bond acceptors (Lipinski definition) is 7. The second-order valence-corrected chi connectivity index (χ2v) is 7.04. The summed E-state index contributed by atoms with van der Waals surface area (Å²) in [6.45, 7) is 1.47. The Balaban J connectivity index is 2.33. The fourth-order valence-electron chi connectivity index (χ4n) is 2.42. The number of rotatable bonds is 9. The summed E-state index contributed by atoms with van der Waals surface area (Å²) in [4.78, 5) is 33.5. The normalized spacial score (nSPS) is 10.7. The number of anilines is 1. The molecule has 2 aromatic carbocycles. The fourth-order valence-corrected chi connectivity index (χ4v) is 3.20. The molecule has 0 unspecified atom stereocenters. The van der Waals surface area contributed by atoms with Crippen LogP contribution in [-0.2, 0) is 9.59 Å². The number of aliphatic carboxylic acids is 1. The van der Waals surface area contributed by atoms with E-state index in [0.717, 1.165) is 0 Å². The summed E-state index contributed by atoms with van der Waals surface area (Å²) < 4.78 is 11.3. The van der Waals surface area contributed by atoms with Crippen molar-refractivity contribution in [3.63, 3.8) is 0 Å². The number of hydrogen-bond donors (Lipinski definition) is 2. The van der Waals surface area contributed by atoms with Crippen molar-refractivity contribution in [1.29, 1.82) is 5.26 Å². The predicted octanol–water partition coefficient (Wildman–Crippen LogP) is 3.61. The highest BCUT2D eigenvalue weighted by Gasteiger charge is 2.16. The molecule has 1 amide bonds. The van der Waals surface area contributed by atoms with E-state index in [-0.39, 0.29) is 35.1 Å². The number of carbonyl (C=O) groups is 2. The largest absolute Gasteiger partial charge is 0.490 e. The summed E-state index contributed by atoms with van der Waals surface area (Å²) in [6.07, 6.45) is 1.32. The molecule has 0 heterocycles. The Hall–Kier alpha value is -3.66. The molecule has 11 heteroatoms. The molecular weight excluding hydrogens is 521 g/mol. The van der Waals surface area contributed by atoms with Gasteiger partial charge in [-0.15, -0.1) is 0 Å². The van der Waals surface area contributed by atoms with Crippen molar-refractivity contribution in [2.24, 2.45) is 0 Å². The first-order valence-electron chi connectivity index (χ1n) is 8.73. The maximum Gasteiger partial charge on any atom is 0.341 e. The third-order valence-electron chi connectivity index (χ3n) is 3.66. The van der Waals surface area contributed by atoms with Crippen LogP contribution in [0.1, 0.15) is 12.5 Å². The zero-order valence-corrected chi connectivity index (χ0v) is 18.3. The maximum atomic E-state index is 12.5. The van der Waals surface area contributed by atoms with E-state index in [1.165, 1.54) is 36.4 Å². The van der Waals surface area contributed by atoms with E-state index < -0.39 is 23.4 Å². The first-order chi connectivity index (χ1) is 14.7. The molecule has 0 saturated heterocycles. The molecule has 0 fully saturated rings. The van der Waals surface area contributed by atoms with Crippen LogP contribution in [0.15, 0.2) is 42.0 Å². The van der Waals surface area contributed by atoms with Crippen molar-refractivity contribution in [2.45, 2.75) is 6.92 Å². The fraction of sp³-hybridized carbons (Fsp3) is 0.150. The van der Waals surface area contributed by atoms with Crippen LogP contribution >= 0.6 is 22.6 Å². The molecule has 2 rings (SSSR count). The topological polar surface area (TPSA) is 152 Å². The summed E-state index contributed by atoms with van der Waals surface area (Å²) >= 11 is 1.93. The molecule has 0 aliphatic heterocycles. The van der Waals surface area contributed by atoms with Gasteiger partial charge in [0.15, 0.2) is 18.1 Å². The van der Waals surface area contributed by atoms with E-state index in [9.17, 15) is 25.0 Å². The summed E-state index contributed by atoms with van der Waals surface area (Å²) in [6, 6.07) is 10.2. The summed E-state index contributed by atoms with van der Waals surface area (Å²) in [5.74, 6) is -1.39. The van der Waals surface area contributed by atoms with Crippen LogP contribution in [0.2, 0.25) is 0 Å². The van der Waals surface area contributed by atoms with Crippen LogP contribution in [0.3, 0.4) is 0 Å². The van der Waals surface area contributed by atoms with Crippen molar-refractivity contribution in [3.8, 4) is 17.6 Å². The number of nitriles is 1. The molecule has 2 N–H and O–H groups in total. The van der Waals surface area contributed by atoms with Crippen LogP contribution in [0.25, 0.3) is 6.08 Å². The van der Waals surface area contributed by atoms with Crippen LogP contribution in [0, 0.1) is 25.0 Å². The first-order valence-corrected chi connectivity index (χ1v) is 9.81. The minimum atomic E-state index is -1.15. The molecule has 2 aromatic rings. The summed E-state index contributed by atoms with van der Waals surface area (Å²) in [5.41, 5.74) is 0.167. The monoisotopic (exact) mass is 537 g/mol. The number of nitro groups is 1. The van der Waals surface area contributed by atoms with Crippen molar-refractivity contribution in [1.82, 2.24) is 0 Å². The number of nitro benzene ring substituents is 1. The van der Waals surface area contributed by atoms with Gasteiger partial charge in [0, 0.05) is 17.8 Å². The minimum absolute atomic E-state index is 0.169. The number of carbonyl (C=O) groups excluding carboxylic acids is 1. The molecular formula is C20H16IN3O7. The van der Waals surface area contributed by atoms with Gasteiger partial charge in [-0.25, -0.2) is 4.79 Å². The van der Waals surface area contributed by atoms with E-state index in [1.54, 1.807) is 19.1 Å². The SMILES string of the molecule is CCOc1cc(/C=C(\C#N)C(=O)Nc2cccc([N+](=O)[O-])c2)cc(I)c1OCC(=O)O. The number of amides is 1. The van der Waals surface area contributed by atoms with Crippen LogP contribution < -0.4 is 14.8 Å². The lowest BCUT2D eigenvalue weighted by molar-refractivity contribution is -0.384. The van der Waals surface area contributed by atoms with Crippen LogP contribution in [-0.4, -0.2) is 35.1 Å². The molecule has 0 aliphatic carbocycles. The standard InChI is InChI=1S/C20H16IN3O7/c1-2-30-17-8-12(7-16(21)19(17)31-11-18(25)26)6-13(10-22)20(27)23-14-4-3-5-15(9-14)24(28)29/h3-9H,2,11H2,1H3,(H,23,27)(H,25,26)/b13-6+.